The first-order valence-corrected chi connectivity index (χ1v) is 7.50. The lowest BCUT2D eigenvalue weighted by atomic mass is 9.56. The van der Waals surface area contributed by atoms with Gasteiger partial charge in [0.05, 0.1) is 18.6 Å². The van der Waals surface area contributed by atoms with Crippen LogP contribution in [0.5, 0.6) is 0 Å². The molecule has 1 heterocycles. The lowest BCUT2D eigenvalue weighted by Crippen LogP contribution is -2.46. The fraction of sp³-hybridized carbons (Fsp3) is 0.750. The van der Waals surface area contributed by atoms with E-state index in [0.29, 0.717) is 31.0 Å². The second-order valence-electron chi connectivity index (χ2n) is 6.62. The molecule has 0 aromatic rings. The van der Waals surface area contributed by atoms with Gasteiger partial charge in [-0.25, -0.2) is 0 Å². The minimum absolute atomic E-state index is 0.0275. The van der Waals surface area contributed by atoms with Crippen molar-refractivity contribution >= 4 is 11.9 Å². The highest BCUT2D eigenvalue weighted by molar-refractivity contribution is 5.80. The Kier molecular flexibility index (Phi) is 3.35. The third-order valence-corrected chi connectivity index (χ3v) is 5.50. The van der Waals surface area contributed by atoms with E-state index in [0.717, 1.165) is 19.3 Å². The maximum Gasteiger partial charge on any atom is 0.312 e. The zero-order valence-corrected chi connectivity index (χ0v) is 12.1. The first-order valence-electron chi connectivity index (χ1n) is 7.50. The molecular weight excluding hydrogens is 256 g/mol. The van der Waals surface area contributed by atoms with E-state index in [1.165, 1.54) is 6.92 Å². The quantitative estimate of drug-likeness (QED) is 0.574. The number of fused-ring (bicyclic) bond motifs is 3. The lowest BCUT2D eigenvalue weighted by Gasteiger charge is -2.46. The summed E-state index contributed by atoms with van der Waals surface area (Å²) in [5.74, 6) is 1.21. The number of rotatable bonds is 2. The molecule has 5 atom stereocenters. The molecule has 110 valence electrons. The van der Waals surface area contributed by atoms with Crippen LogP contribution in [-0.2, 0) is 19.1 Å². The normalized spacial score (nSPS) is 42.6. The van der Waals surface area contributed by atoms with Crippen LogP contribution < -0.4 is 0 Å². The zero-order valence-electron chi connectivity index (χ0n) is 12.1. The van der Waals surface area contributed by atoms with Crippen molar-refractivity contribution < 1.29 is 19.1 Å². The molecule has 4 nitrogen and oxygen atoms in total. The molecule has 0 unspecified atom stereocenters. The van der Waals surface area contributed by atoms with E-state index in [1.54, 1.807) is 0 Å². The van der Waals surface area contributed by atoms with Crippen LogP contribution in [0, 0.1) is 29.1 Å². The van der Waals surface area contributed by atoms with Crippen LogP contribution in [-0.4, -0.2) is 25.2 Å². The highest BCUT2D eigenvalue weighted by Gasteiger charge is 2.57. The zero-order chi connectivity index (χ0) is 14.3. The minimum atomic E-state index is -0.341. The van der Waals surface area contributed by atoms with Gasteiger partial charge in [0.1, 0.15) is 0 Å². The summed E-state index contributed by atoms with van der Waals surface area (Å²) in [4.78, 5) is 23.1. The number of cyclic esters (lactones) is 1. The second-order valence-corrected chi connectivity index (χ2v) is 6.62. The molecule has 20 heavy (non-hydrogen) atoms. The summed E-state index contributed by atoms with van der Waals surface area (Å²) in [6.07, 6.45) is 7.48. The number of hydrogen-bond acceptors (Lipinski definition) is 4. The molecule has 1 aliphatic heterocycles. The Hall–Kier alpha value is -1.32. The predicted molar refractivity (Wildman–Crippen MR) is 72.7 cm³/mol. The standard InChI is InChI=1S/C16H22O4/c1-10(17)19-8-11-3-6-14-12(7-11)4-5-13-9-20-15(18)16(13,14)2/h4-5,11-14H,3,6-9H2,1-2H3/t11-,12-,13+,14-,16-/m0/s1. The van der Waals surface area contributed by atoms with Crippen molar-refractivity contribution in [3.63, 3.8) is 0 Å². The van der Waals surface area contributed by atoms with E-state index >= 15 is 0 Å². The fourth-order valence-electron chi connectivity index (χ4n) is 4.24. The molecule has 2 aliphatic carbocycles. The van der Waals surface area contributed by atoms with Crippen molar-refractivity contribution in [1.82, 2.24) is 0 Å². The molecule has 2 fully saturated rings. The maximum absolute atomic E-state index is 12.2. The van der Waals surface area contributed by atoms with Gasteiger partial charge in [0.15, 0.2) is 0 Å². The van der Waals surface area contributed by atoms with E-state index in [1.807, 2.05) is 0 Å². The Balaban J connectivity index is 1.72. The van der Waals surface area contributed by atoms with E-state index in [4.69, 9.17) is 9.47 Å². The maximum atomic E-state index is 12.2. The van der Waals surface area contributed by atoms with Gasteiger partial charge in [0, 0.05) is 12.8 Å². The van der Waals surface area contributed by atoms with Crippen LogP contribution in [0.1, 0.15) is 33.1 Å². The minimum Gasteiger partial charge on any atom is -0.466 e. The van der Waals surface area contributed by atoms with Gasteiger partial charge < -0.3 is 9.47 Å². The number of carbonyl (C=O) groups excluding carboxylic acids is 2. The smallest absolute Gasteiger partial charge is 0.312 e. The Labute approximate surface area is 119 Å². The molecule has 3 aliphatic rings. The van der Waals surface area contributed by atoms with Crippen molar-refractivity contribution in [3.8, 4) is 0 Å². The lowest BCUT2D eigenvalue weighted by molar-refractivity contribution is -0.150. The van der Waals surface area contributed by atoms with Crippen molar-refractivity contribution in [1.29, 1.82) is 0 Å². The van der Waals surface area contributed by atoms with Crippen LogP contribution in [0.25, 0.3) is 0 Å². The Morgan fingerprint density at radius 3 is 3.00 bits per heavy atom. The summed E-state index contributed by atoms with van der Waals surface area (Å²) >= 11 is 0. The number of esters is 2. The molecule has 4 heteroatoms. The van der Waals surface area contributed by atoms with Crippen LogP contribution in [0.15, 0.2) is 12.2 Å². The molecule has 0 amide bonds. The molecule has 0 aromatic heterocycles. The van der Waals surface area contributed by atoms with E-state index in [9.17, 15) is 9.59 Å². The average Bonchev–Trinajstić information content (AvgIpc) is 2.73. The second kappa shape index (κ2) is 4.90. The van der Waals surface area contributed by atoms with Gasteiger partial charge in [-0.15, -0.1) is 0 Å². The molecule has 1 saturated carbocycles. The molecule has 3 rings (SSSR count). The van der Waals surface area contributed by atoms with E-state index in [-0.39, 0.29) is 23.3 Å². The largest absolute Gasteiger partial charge is 0.466 e. The summed E-state index contributed by atoms with van der Waals surface area (Å²) in [5.41, 5.74) is -0.341. The van der Waals surface area contributed by atoms with Gasteiger partial charge in [-0.2, -0.15) is 0 Å². The topological polar surface area (TPSA) is 52.6 Å². The number of carbonyl (C=O) groups is 2. The Morgan fingerprint density at radius 2 is 2.25 bits per heavy atom. The van der Waals surface area contributed by atoms with Crippen molar-refractivity contribution in [3.05, 3.63) is 12.2 Å². The van der Waals surface area contributed by atoms with Gasteiger partial charge in [0.25, 0.3) is 0 Å². The third kappa shape index (κ3) is 2.05. The first-order chi connectivity index (χ1) is 9.51. The predicted octanol–water partition coefficient (Wildman–Crippen LogP) is 2.33. The average molecular weight is 278 g/mol. The van der Waals surface area contributed by atoms with Gasteiger partial charge >= 0.3 is 11.9 Å². The fourth-order valence-corrected chi connectivity index (χ4v) is 4.24. The van der Waals surface area contributed by atoms with Crippen LogP contribution in [0.2, 0.25) is 0 Å². The first kappa shape index (κ1) is 13.7. The third-order valence-electron chi connectivity index (χ3n) is 5.50. The van der Waals surface area contributed by atoms with Crippen molar-refractivity contribution in [2.75, 3.05) is 13.2 Å². The number of hydrogen-bond donors (Lipinski definition) is 0. The molecular formula is C16H22O4. The SMILES string of the molecule is CC(=O)OC[C@H]1CC[C@H]2[C@@H](C=C[C@@H]3COC(=O)[C@@]32C)C1. The monoisotopic (exact) mass is 278 g/mol. The highest BCUT2D eigenvalue weighted by atomic mass is 16.5. The van der Waals surface area contributed by atoms with Crippen molar-refractivity contribution in [2.45, 2.75) is 33.1 Å². The van der Waals surface area contributed by atoms with E-state index < -0.39 is 0 Å². The molecule has 0 radical (unpaired) electrons. The van der Waals surface area contributed by atoms with Gasteiger partial charge in [-0.3, -0.25) is 9.59 Å². The van der Waals surface area contributed by atoms with E-state index in [2.05, 4.69) is 19.1 Å². The number of allylic oxidation sites excluding steroid dienone is 1. The summed E-state index contributed by atoms with van der Waals surface area (Å²) in [5, 5.41) is 0. The van der Waals surface area contributed by atoms with Gasteiger partial charge in [0.2, 0.25) is 0 Å². The highest BCUT2D eigenvalue weighted by Crippen LogP contribution is 2.54. The van der Waals surface area contributed by atoms with Crippen LogP contribution >= 0.6 is 0 Å². The Morgan fingerprint density at radius 1 is 1.45 bits per heavy atom. The van der Waals surface area contributed by atoms with Crippen LogP contribution in [0.4, 0.5) is 0 Å². The van der Waals surface area contributed by atoms with Gasteiger partial charge in [-0.05, 0) is 43.9 Å². The molecule has 0 spiro atoms. The summed E-state index contributed by atoms with van der Waals surface area (Å²) in [6.45, 7) is 4.57. The number of ether oxygens (including phenoxy) is 2. The van der Waals surface area contributed by atoms with Crippen molar-refractivity contribution in [2.24, 2.45) is 29.1 Å². The Bertz CT molecular complexity index is 455. The molecule has 0 N–H and O–H groups in total. The summed E-state index contributed by atoms with van der Waals surface area (Å²) in [7, 11) is 0. The summed E-state index contributed by atoms with van der Waals surface area (Å²) < 4.78 is 10.4. The van der Waals surface area contributed by atoms with Gasteiger partial charge in [-0.1, -0.05) is 12.2 Å². The summed E-state index contributed by atoms with van der Waals surface area (Å²) in [6, 6.07) is 0. The molecule has 0 aromatic carbocycles. The molecule has 1 saturated heterocycles. The van der Waals surface area contributed by atoms with Crippen LogP contribution in [0.3, 0.4) is 0 Å². The molecule has 0 bridgehead atoms.